The molecule has 2 N–H and O–H groups in total. The van der Waals surface area contributed by atoms with E-state index in [1.807, 2.05) is 13.1 Å². The van der Waals surface area contributed by atoms with E-state index >= 15 is 0 Å². The molecule has 0 aliphatic carbocycles. The Kier molecular flexibility index (Phi) is 4.45. The number of nitrogens with zero attached hydrogens (tertiary/aromatic N) is 2. The molecule has 108 valence electrons. The maximum atomic E-state index is 5.61. The van der Waals surface area contributed by atoms with Crippen LogP contribution in [0, 0.1) is 6.92 Å². The fraction of sp³-hybridized carbons (Fsp3) is 0.438. The molecule has 1 heterocycles. The van der Waals surface area contributed by atoms with Gasteiger partial charge in [-0.15, -0.1) is 0 Å². The van der Waals surface area contributed by atoms with Crippen LogP contribution in [0.3, 0.4) is 0 Å². The van der Waals surface area contributed by atoms with E-state index in [0.29, 0.717) is 12.5 Å². The van der Waals surface area contributed by atoms with E-state index in [4.69, 9.17) is 10.5 Å². The summed E-state index contributed by atoms with van der Waals surface area (Å²) in [5.74, 6) is 2.32. The lowest BCUT2D eigenvalue weighted by atomic mass is 10.00. The molecule has 0 amide bonds. The second-order valence-electron chi connectivity index (χ2n) is 5.27. The van der Waals surface area contributed by atoms with Crippen LogP contribution in [0.2, 0.25) is 0 Å². The summed E-state index contributed by atoms with van der Waals surface area (Å²) >= 11 is 0. The summed E-state index contributed by atoms with van der Waals surface area (Å²) in [4.78, 5) is 4.61. The number of hydrogen-bond acceptors (Lipinski definition) is 3. The van der Waals surface area contributed by atoms with Gasteiger partial charge in [0.1, 0.15) is 11.6 Å². The average Bonchev–Trinajstić information content (AvgIpc) is 2.79. The summed E-state index contributed by atoms with van der Waals surface area (Å²) in [7, 11) is 1.70. The van der Waals surface area contributed by atoms with Gasteiger partial charge in [0.25, 0.3) is 0 Å². The maximum Gasteiger partial charge on any atom is 0.128 e. The van der Waals surface area contributed by atoms with Crippen molar-refractivity contribution in [2.75, 3.05) is 13.7 Å². The standard InChI is InChI=1S/C16H23N3O/c1-11(2)13-5-6-14(16(9-13)20-4)15-10-19(8-7-17)12(3)18-15/h5-6,9-11H,7-8,17H2,1-4H3. The fourth-order valence-electron chi connectivity index (χ4n) is 2.28. The Morgan fingerprint density at radius 3 is 2.70 bits per heavy atom. The molecule has 0 saturated carbocycles. The van der Waals surface area contributed by atoms with Gasteiger partial charge in [0, 0.05) is 24.8 Å². The van der Waals surface area contributed by atoms with Crippen LogP contribution in [0.5, 0.6) is 5.75 Å². The molecule has 2 rings (SSSR count). The zero-order valence-electron chi connectivity index (χ0n) is 12.7. The van der Waals surface area contributed by atoms with E-state index in [2.05, 4.69) is 41.6 Å². The third kappa shape index (κ3) is 2.85. The van der Waals surface area contributed by atoms with Gasteiger partial charge in [0.15, 0.2) is 0 Å². The highest BCUT2D eigenvalue weighted by atomic mass is 16.5. The van der Waals surface area contributed by atoms with Crippen LogP contribution >= 0.6 is 0 Å². The van der Waals surface area contributed by atoms with Crippen molar-refractivity contribution >= 4 is 0 Å². The zero-order valence-corrected chi connectivity index (χ0v) is 12.7. The first-order valence-electron chi connectivity index (χ1n) is 6.99. The highest BCUT2D eigenvalue weighted by Gasteiger charge is 2.12. The van der Waals surface area contributed by atoms with Crippen molar-refractivity contribution in [3.63, 3.8) is 0 Å². The third-order valence-electron chi connectivity index (χ3n) is 3.51. The molecule has 0 fully saturated rings. The van der Waals surface area contributed by atoms with Crippen molar-refractivity contribution < 1.29 is 4.74 Å². The maximum absolute atomic E-state index is 5.61. The first-order valence-corrected chi connectivity index (χ1v) is 6.99. The Labute approximate surface area is 120 Å². The minimum absolute atomic E-state index is 0.481. The van der Waals surface area contributed by atoms with Gasteiger partial charge in [-0.1, -0.05) is 19.9 Å². The minimum Gasteiger partial charge on any atom is -0.496 e. The summed E-state index contributed by atoms with van der Waals surface area (Å²) in [5.41, 5.74) is 8.84. The number of aromatic nitrogens is 2. The van der Waals surface area contributed by atoms with E-state index in [0.717, 1.165) is 29.4 Å². The Balaban J connectivity index is 2.44. The monoisotopic (exact) mass is 273 g/mol. The lowest BCUT2D eigenvalue weighted by molar-refractivity contribution is 0.415. The molecule has 0 unspecified atom stereocenters. The van der Waals surface area contributed by atoms with Crippen LogP contribution in [0.25, 0.3) is 11.3 Å². The summed E-state index contributed by atoms with van der Waals surface area (Å²) < 4.78 is 7.60. The quantitative estimate of drug-likeness (QED) is 0.911. The van der Waals surface area contributed by atoms with Crippen LogP contribution in [0.15, 0.2) is 24.4 Å². The van der Waals surface area contributed by atoms with Crippen LogP contribution in [-0.4, -0.2) is 23.2 Å². The smallest absolute Gasteiger partial charge is 0.128 e. The van der Waals surface area contributed by atoms with Crippen LogP contribution in [0.1, 0.15) is 31.2 Å². The Morgan fingerprint density at radius 1 is 1.35 bits per heavy atom. The van der Waals surface area contributed by atoms with Crippen molar-refractivity contribution in [3.8, 4) is 17.0 Å². The third-order valence-corrected chi connectivity index (χ3v) is 3.51. The Bertz CT molecular complexity index is 587. The van der Waals surface area contributed by atoms with Gasteiger partial charge < -0.3 is 15.0 Å². The molecule has 2 aromatic rings. The number of rotatable bonds is 5. The van der Waals surface area contributed by atoms with E-state index in [1.54, 1.807) is 7.11 Å². The van der Waals surface area contributed by atoms with Crippen LogP contribution in [0.4, 0.5) is 0 Å². The predicted octanol–water partition coefficient (Wildman–Crippen LogP) is 2.95. The van der Waals surface area contributed by atoms with Crippen LogP contribution < -0.4 is 10.5 Å². The molecule has 0 atom stereocenters. The number of aryl methyl sites for hydroxylation is 1. The molecule has 0 bridgehead atoms. The SMILES string of the molecule is COc1cc(C(C)C)ccc1-c1cn(CCN)c(C)n1. The lowest BCUT2D eigenvalue weighted by Gasteiger charge is -2.11. The molecule has 0 radical (unpaired) electrons. The molecule has 0 aliphatic heterocycles. The Morgan fingerprint density at radius 2 is 2.10 bits per heavy atom. The van der Waals surface area contributed by atoms with Gasteiger partial charge in [-0.05, 0) is 30.5 Å². The number of hydrogen-bond donors (Lipinski definition) is 1. The normalized spacial score (nSPS) is 11.1. The van der Waals surface area contributed by atoms with E-state index in [9.17, 15) is 0 Å². The predicted molar refractivity (Wildman–Crippen MR) is 82.1 cm³/mol. The van der Waals surface area contributed by atoms with Gasteiger partial charge in [-0.2, -0.15) is 0 Å². The second-order valence-corrected chi connectivity index (χ2v) is 5.27. The molecule has 1 aromatic heterocycles. The van der Waals surface area contributed by atoms with Gasteiger partial charge in [0.05, 0.1) is 12.8 Å². The molecule has 0 spiro atoms. The van der Waals surface area contributed by atoms with Crippen molar-refractivity contribution in [1.82, 2.24) is 9.55 Å². The average molecular weight is 273 g/mol. The lowest BCUT2D eigenvalue weighted by Crippen LogP contribution is -2.10. The highest BCUT2D eigenvalue weighted by Crippen LogP contribution is 2.32. The molecular formula is C16H23N3O. The summed E-state index contributed by atoms with van der Waals surface area (Å²) in [6.07, 6.45) is 2.04. The van der Waals surface area contributed by atoms with Crippen molar-refractivity contribution in [1.29, 1.82) is 0 Å². The van der Waals surface area contributed by atoms with Crippen LogP contribution in [-0.2, 0) is 6.54 Å². The number of benzene rings is 1. The zero-order chi connectivity index (χ0) is 14.7. The van der Waals surface area contributed by atoms with Gasteiger partial charge in [-0.3, -0.25) is 0 Å². The summed E-state index contributed by atoms with van der Waals surface area (Å²) in [6, 6.07) is 6.32. The molecule has 4 nitrogen and oxygen atoms in total. The fourth-order valence-corrected chi connectivity index (χ4v) is 2.28. The first kappa shape index (κ1) is 14.6. The minimum atomic E-state index is 0.481. The van der Waals surface area contributed by atoms with Crippen molar-refractivity contribution in [2.45, 2.75) is 33.2 Å². The molecule has 20 heavy (non-hydrogen) atoms. The summed E-state index contributed by atoms with van der Waals surface area (Å²) in [6.45, 7) is 7.74. The van der Waals surface area contributed by atoms with Crippen molar-refractivity contribution in [2.24, 2.45) is 5.73 Å². The molecule has 1 aromatic carbocycles. The number of ether oxygens (including phenoxy) is 1. The van der Waals surface area contributed by atoms with Gasteiger partial charge >= 0.3 is 0 Å². The summed E-state index contributed by atoms with van der Waals surface area (Å²) in [5, 5.41) is 0. The largest absolute Gasteiger partial charge is 0.496 e. The molecule has 0 aliphatic rings. The second kappa shape index (κ2) is 6.09. The van der Waals surface area contributed by atoms with E-state index in [1.165, 1.54) is 5.56 Å². The van der Waals surface area contributed by atoms with E-state index < -0.39 is 0 Å². The molecular weight excluding hydrogens is 250 g/mol. The number of methoxy groups -OCH3 is 1. The van der Waals surface area contributed by atoms with Gasteiger partial charge in [0.2, 0.25) is 0 Å². The van der Waals surface area contributed by atoms with Crippen molar-refractivity contribution in [3.05, 3.63) is 35.8 Å². The Hall–Kier alpha value is -1.81. The van der Waals surface area contributed by atoms with E-state index in [-0.39, 0.29) is 0 Å². The number of imidazole rings is 1. The highest BCUT2D eigenvalue weighted by molar-refractivity contribution is 5.67. The molecule has 0 saturated heterocycles. The topological polar surface area (TPSA) is 53.1 Å². The molecule has 4 heteroatoms. The number of nitrogens with two attached hydrogens (primary N) is 1. The first-order chi connectivity index (χ1) is 9.56. The van der Waals surface area contributed by atoms with Gasteiger partial charge in [-0.25, -0.2) is 4.98 Å².